The van der Waals surface area contributed by atoms with E-state index in [0.717, 1.165) is 69.9 Å². The SMILES string of the molecule is C.C.C.CCC(C)c1ccc(OCc2c(COC)c(COC)c(O)c(COC)c2COC)cc1.CCC(C)c1ccc(OCc2cc(CO)c(O)c(CO)c2)cc1.CCC(C)c1ccc(OCc2cc(COC)cc(C(O)OC)c2)cc1. The second-order valence-corrected chi connectivity index (χ2v) is 19.7. The summed E-state index contributed by atoms with van der Waals surface area (Å²) in [7, 11) is 9.58. The van der Waals surface area contributed by atoms with Crippen LogP contribution in [0.5, 0.6) is 28.7 Å². The summed E-state index contributed by atoms with van der Waals surface area (Å²) in [5, 5.41) is 49.3. The highest BCUT2D eigenvalue weighted by molar-refractivity contribution is 5.55. The van der Waals surface area contributed by atoms with Crippen molar-refractivity contribution in [2.45, 2.75) is 173 Å². The van der Waals surface area contributed by atoms with Crippen molar-refractivity contribution in [1.29, 1.82) is 0 Å². The number of phenolic OH excluding ortho intramolecular Hbond substituents is 1. The molecule has 0 aliphatic heterocycles. The Kier molecular flexibility index (Phi) is 35.6. The fourth-order valence-electron chi connectivity index (χ4n) is 8.86. The van der Waals surface area contributed by atoms with Gasteiger partial charge in [-0.1, -0.05) is 106 Å². The first kappa shape index (κ1) is 74.0. The van der Waals surface area contributed by atoms with Crippen LogP contribution in [0.25, 0.3) is 0 Å². The molecule has 0 heterocycles. The summed E-state index contributed by atoms with van der Waals surface area (Å²) in [5.74, 6) is 4.08. The van der Waals surface area contributed by atoms with Crippen LogP contribution in [0.1, 0.15) is 185 Å². The molecule has 82 heavy (non-hydrogen) atoms. The lowest BCUT2D eigenvalue weighted by Crippen LogP contribution is -2.14. The van der Waals surface area contributed by atoms with Crippen molar-refractivity contribution in [3.8, 4) is 28.7 Å². The van der Waals surface area contributed by atoms with Gasteiger partial charge in [-0.3, -0.25) is 0 Å². The van der Waals surface area contributed by atoms with E-state index in [2.05, 4.69) is 77.9 Å². The molecule has 0 spiro atoms. The van der Waals surface area contributed by atoms with E-state index in [4.69, 9.17) is 42.6 Å². The van der Waals surface area contributed by atoms with Crippen LogP contribution in [-0.2, 0) is 94.5 Å². The van der Waals surface area contributed by atoms with Gasteiger partial charge in [-0.15, -0.1) is 0 Å². The number of hydrogen-bond acceptors (Lipinski definition) is 14. The summed E-state index contributed by atoms with van der Waals surface area (Å²) < 4.78 is 49.7. The minimum absolute atomic E-state index is 0. The van der Waals surface area contributed by atoms with Crippen molar-refractivity contribution in [2.75, 3.05) is 42.7 Å². The van der Waals surface area contributed by atoms with E-state index in [1.807, 2.05) is 54.6 Å². The van der Waals surface area contributed by atoms with E-state index in [1.54, 1.807) is 47.7 Å². The predicted octanol–water partition coefficient (Wildman–Crippen LogP) is 15.0. The molecule has 0 radical (unpaired) electrons. The normalized spacial score (nSPS) is 12.1. The standard InChI is InChI=1S/C25H36O6.C21H28O4.C19H24O4.3CH4/c1-7-17(2)18-8-10-19(11-9-18)31-16-22-20(12-27-3)23(14-29-5)25(26)24(15-30-6)21(22)13-28-4;1-5-15(2)18-6-8-20(9-7-18)25-14-17-10-16(13-23-3)11-19(12-17)21(22)24-4;1-3-13(2)15-4-6-18(7-5-15)23-12-14-8-16(10-20)19(22)17(9-14)11-21;;;/h8-11,17,26H,7,12-16H2,1-6H3;6-12,15,21-22H,5,13-14H2,1-4H3;4-9,13,20-22H,3,10-12H2,1-2H3;3*1H4. The molecule has 6 aromatic rings. The molecule has 6 rings (SSSR count). The Morgan fingerprint density at radius 3 is 0.988 bits per heavy atom. The number of benzene rings is 6. The second kappa shape index (κ2) is 39.4. The molecule has 0 saturated heterocycles. The Balaban J connectivity index is 0.000000611. The highest BCUT2D eigenvalue weighted by Crippen LogP contribution is 2.37. The van der Waals surface area contributed by atoms with E-state index < -0.39 is 6.29 Å². The third kappa shape index (κ3) is 21.9. The van der Waals surface area contributed by atoms with Gasteiger partial charge >= 0.3 is 0 Å². The fourth-order valence-corrected chi connectivity index (χ4v) is 8.86. The van der Waals surface area contributed by atoms with Crippen molar-refractivity contribution < 1.29 is 68.2 Å². The molecule has 0 amide bonds. The number of methoxy groups -OCH3 is 6. The number of hydrogen-bond donors (Lipinski definition) is 5. The van der Waals surface area contributed by atoms with Crippen LogP contribution in [-0.4, -0.2) is 68.2 Å². The summed E-state index contributed by atoms with van der Waals surface area (Å²) in [6, 6.07) is 33.6. The van der Waals surface area contributed by atoms with Gasteiger partial charge in [0.05, 0.1) is 46.2 Å². The molecule has 4 atom stereocenters. The van der Waals surface area contributed by atoms with Crippen LogP contribution >= 0.6 is 0 Å². The van der Waals surface area contributed by atoms with Gasteiger partial charge in [0.1, 0.15) is 48.6 Å². The Bertz CT molecular complexity index is 2630. The highest BCUT2D eigenvalue weighted by Gasteiger charge is 2.24. The molecule has 0 saturated carbocycles. The van der Waals surface area contributed by atoms with Gasteiger partial charge in [-0.05, 0) is 142 Å². The molecule has 6 aromatic carbocycles. The number of aliphatic hydroxyl groups is 3. The van der Waals surface area contributed by atoms with Crippen LogP contribution in [0, 0.1) is 0 Å². The van der Waals surface area contributed by atoms with E-state index in [9.17, 15) is 25.5 Å². The molecule has 0 aliphatic carbocycles. The lowest BCUT2D eigenvalue weighted by molar-refractivity contribution is -0.0770. The average Bonchev–Trinajstić information content (AvgIpc) is 3.62. The Hall–Kier alpha value is -6.04. The largest absolute Gasteiger partial charge is 0.507 e. The first-order valence-electron chi connectivity index (χ1n) is 27.1. The van der Waals surface area contributed by atoms with Gasteiger partial charge < -0.3 is 68.2 Å². The topological polar surface area (TPSA) is 184 Å². The molecular formula is C68H100O14. The predicted molar refractivity (Wildman–Crippen MR) is 329 cm³/mol. The van der Waals surface area contributed by atoms with Crippen molar-refractivity contribution in [1.82, 2.24) is 0 Å². The number of aliphatic hydroxyl groups excluding tert-OH is 3. The number of phenols is 2. The maximum absolute atomic E-state index is 11.0. The highest BCUT2D eigenvalue weighted by atomic mass is 16.6. The average molecular weight is 1140 g/mol. The minimum Gasteiger partial charge on any atom is -0.507 e. The van der Waals surface area contributed by atoms with Crippen LogP contribution in [0.15, 0.2) is 103 Å². The van der Waals surface area contributed by atoms with Gasteiger partial charge in [0.25, 0.3) is 0 Å². The molecule has 0 bridgehead atoms. The van der Waals surface area contributed by atoms with E-state index in [-0.39, 0.29) is 60.2 Å². The molecule has 0 fully saturated rings. The Labute approximate surface area is 491 Å². The summed E-state index contributed by atoms with van der Waals surface area (Å²) in [4.78, 5) is 0. The van der Waals surface area contributed by atoms with E-state index >= 15 is 0 Å². The third-order valence-electron chi connectivity index (χ3n) is 14.1. The maximum atomic E-state index is 11.0. The first-order valence-corrected chi connectivity index (χ1v) is 27.1. The van der Waals surface area contributed by atoms with Crippen molar-refractivity contribution in [3.05, 3.63) is 181 Å². The fraction of sp³-hybridized carbons (Fsp3) is 0.471. The monoisotopic (exact) mass is 1140 g/mol. The van der Waals surface area contributed by atoms with E-state index in [0.29, 0.717) is 85.2 Å². The van der Waals surface area contributed by atoms with Gasteiger partial charge in [0.2, 0.25) is 0 Å². The van der Waals surface area contributed by atoms with Gasteiger partial charge in [0, 0.05) is 76.0 Å². The molecule has 4 unspecified atom stereocenters. The molecule has 456 valence electrons. The zero-order chi connectivity index (χ0) is 57.9. The quantitative estimate of drug-likeness (QED) is 0.0280. The molecule has 0 aliphatic rings. The molecule has 14 nitrogen and oxygen atoms in total. The first-order chi connectivity index (χ1) is 38.2. The zero-order valence-electron chi connectivity index (χ0n) is 48.7. The number of ether oxygens (including phenoxy) is 9. The molecule has 14 heteroatoms. The maximum Gasteiger partial charge on any atom is 0.180 e. The van der Waals surface area contributed by atoms with Gasteiger partial charge in [0.15, 0.2) is 6.29 Å². The van der Waals surface area contributed by atoms with Crippen LogP contribution < -0.4 is 14.2 Å². The summed E-state index contributed by atoms with van der Waals surface area (Å²) in [6.45, 7) is 15.3. The van der Waals surface area contributed by atoms with Crippen LogP contribution in [0.3, 0.4) is 0 Å². The Morgan fingerprint density at radius 2 is 0.671 bits per heavy atom. The zero-order valence-corrected chi connectivity index (χ0v) is 48.7. The third-order valence-corrected chi connectivity index (χ3v) is 14.1. The Morgan fingerprint density at radius 1 is 0.366 bits per heavy atom. The lowest BCUT2D eigenvalue weighted by atomic mass is 9.91. The van der Waals surface area contributed by atoms with Crippen molar-refractivity contribution >= 4 is 0 Å². The molecule has 0 aromatic heterocycles. The summed E-state index contributed by atoms with van der Waals surface area (Å²) >= 11 is 0. The number of aromatic hydroxyl groups is 2. The van der Waals surface area contributed by atoms with Gasteiger partial charge in [-0.25, -0.2) is 0 Å². The minimum atomic E-state index is -0.953. The summed E-state index contributed by atoms with van der Waals surface area (Å²) in [5.41, 5.74) is 12.1. The number of rotatable bonds is 29. The van der Waals surface area contributed by atoms with Crippen molar-refractivity contribution in [2.24, 2.45) is 0 Å². The lowest BCUT2D eigenvalue weighted by Gasteiger charge is -2.24. The summed E-state index contributed by atoms with van der Waals surface area (Å²) in [6.07, 6.45) is 2.36. The molecule has 5 N–H and O–H groups in total. The van der Waals surface area contributed by atoms with Gasteiger partial charge in [-0.2, -0.15) is 0 Å². The van der Waals surface area contributed by atoms with Crippen LogP contribution in [0.2, 0.25) is 0 Å². The van der Waals surface area contributed by atoms with E-state index in [1.165, 1.54) is 23.8 Å². The smallest absolute Gasteiger partial charge is 0.180 e. The molecular weight excluding hydrogens is 1040 g/mol. The van der Waals surface area contributed by atoms with Crippen molar-refractivity contribution in [3.63, 3.8) is 0 Å². The second-order valence-electron chi connectivity index (χ2n) is 19.7. The van der Waals surface area contributed by atoms with Crippen LogP contribution in [0.4, 0.5) is 0 Å².